The molecule has 1 atom stereocenters. The second kappa shape index (κ2) is 9.53. The van der Waals surface area contributed by atoms with Crippen molar-refractivity contribution >= 4 is 22.5 Å². The molecular weight excluding hydrogens is 328 g/mol. The number of anilines is 1. The maximum absolute atomic E-state index is 12.9. The molecule has 26 heavy (non-hydrogen) atoms. The molecule has 1 N–H and O–H groups in total. The average molecular weight is 358 g/mol. The smallest absolute Gasteiger partial charge is 0.256 e. The van der Waals surface area contributed by atoms with E-state index in [1.807, 2.05) is 45.0 Å². The van der Waals surface area contributed by atoms with E-state index in [4.69, 9.17) is 9.47 Å². The van der Waals surface area contributed by atoms with E-state index in [2.05, 4.69) is 17.2 Å². The Kier molecular flexibility index (Phi) is 7.39. The molecule has 0 fully saturated rings. The Balaban J connectivity index is 2.30. The van der Waals surface area contributed by atoms with Crippen LogP contribution in [0.3, 0.4) is 0 Å². The molecule has 5 heteroatoms. The second-order valence-electron chi connectivity index (χ2n) is 6.58. The molecule has 0 unspecified atom stereocenters. The van der Waals surface area contributed by atoms with Gasteiger partial charge in [0, 0.05) is 18.2 Å². The van der Waals surface area contributed by atoms with Crippen molar-refractivity contribution in [1.82, 2.24) is 4.98 Å². The first-order valence-corrected chi connectivity index (χ1v) is 9.51. The lowest BCUT2D eigenvalue weighted by molar-refractivity contribution is -0.139. The van der Waals surface area contributed by atoms with Crippen LogP contribution in [0, 0.1) is 0 Å². The molecule has 142 valence electrons. The molecular formula is C21H30N2O3. The van der Waals surface area contributed by atoms with Crippen LogP contribution in [0.5, 0.6) is 5.75 Å². The van der Waals surface area contributed by atoms with Gasteiger partial charge in [0.05, 0.1) is 12.3 Å². The van der Waals surface area contributed by atoms with Gasteiger partial charge in [-0.15, -0.1) is 0 Å². The van der Waals surface area contributed by atoms with Crippen molar-refractivity contribution in [3.05, 3.63) is 30.5 Å². The number of nitrogens with one attached hydrogen (secondary N) is 1. The zero-order valence-corrected chi connectivity index (χ0v) is 16.3. The van der Waals surface area contributed by atoms with Crippen molar-refractivity contribution in [2.24, 2.45) is 0 Å². The van der Waals surface area contributed by atoms with E-state index < -0.39 is 5.60 Å². The third-order valence-electron chi connectivity index (χ3n) is 4.41. The summed E-state index contributed by atoms with van der Waals surface area (Å²) in [5, 5.41) is 3.90. The third kappa shape index (κ3) is 4.73. The van der Waals surface area contributed by atoms with Gasteiger partial charge >= 0.3 is 0 Å². The number of hydrogen-bond donors (Lipinski definition) is 1. The highest BCUT2D eigenvalue weighted by molar-refractivity contribution is 6.05. The molecule has 0 bridgehead atoms. The summed E-state index contributed by atoms with van der Waals surface area (Å²) in [7, 11) is 0. The van der Waals surface area contributed by atoms with Crippen LogP contribution in [0.2, 0.25) is 0 Å². The summed E-state index contributed by atoms with van der Waals surface area (Å²) in [4.78, 5) is 17.3. The maximum atomic E-state index is 12.9. The van der Waals surface area contributed by atoms with Crippen molar-refractivity contribution in [1.29, 1.82) is 0 Å². The number of aromatic nitrogens is 1. The van der Waals surface area contributed by atoms with Crippen LogP contribution in [0.4, 0.5) is 5.69 Å². The van der Waals surface area contributed by atoms with Gasteiger partial charge in [-0.25, -0.2) is 0 Å². The highest BCUT2D eigenvalue weighted by Gasteiger charge is 2.33. The molecule has 0 saturated carbocycles. The fraction of sp³-hybridized carbons (Fsp3) is 0.524. The van der Waals surface area contributed by atoms with Crippen LogP contribution in [0.1, 0.15) is 53.4 Å². The Labute approximate surface area is 156 Å². The summed E-state index contributed by atoms with van der Waals surface area (Å²) < 4.78 is 11.6. The van der Waals surface area contributed by atoms with Crippen LogP contribution < -0.4 is 10.1 Å². The van der Waals surface area contributed by atoms with E-state index in [0.717, 1.165) is 41.6 Å². The molecule has 0 spiro atoms. The Hall–Kier alpha value is -2.14. The van der Waals surface area contributed by atoms with Gasteiger partial charge in [0.2, 0.25) is 0 Å². The molecule has 1 amide bonds. The van der Waals surface area contributed by atoms with Gasteiger partial charge in [0.15, 0.2) is 0 Å². The average Bonchev–Trinajstić information content (AvgIpc) is 2.64. The molecule has 0 radical (unpaired) electrons. The van der Waals surface area contributed by atoms with E-state index in [1.165, 1.54) is 0 Å². The molecule has 2 aromatic rings. The number of benzene rings is 1. The van der Waals surface area contributed by atoms with Crippen LogP contribution in [-0.2, 0) is 9.53 Å². The highest BCUT2D eigenvalue weighted by atomic mass is 16.5. The number of pyridine rings is 1. The summed E-state index contributed by atoms with van der Waals surface area (Å²) >= 11 is 0. The van der Waals surface area contributed by atoms with Gasteiger partial charge in [0.1, 0.15) is 16.9 Å². The topological polar surface area (TPSA) is 60.5 Å². The van der Waals surface area contributed by atoms with Crippen LogP contribution in [-0.4, -0.2) is 29.7 Å². The summed E-state index contributed by atoms with van der Waals surface area (Å²) in [5.41, 5.74) is 0.645. The number of carbonyl (C=O) groups is 1. The number of amides is 1. The second-order valence-corrected chi connectivity index (χ2v) is 6.58. The molecule has 5 nitrogen and oxygen atoms in total. The van der Waals surface area contributed by atoms with Gasteiger partial charge in [0.25, 0.3) is 5.91 Å². The Morgan fingerprint density at radius 2 is 2.00 bits per heavy atom. The number of ether oxygens (including phenoxy) is 2. The maximum Gasteiger partial charge on any atom is 0.256 e. The van der Waals surface area contributed by atoms with E-state index in [-0.39, 0.29) is 5.91 Å². The standard InChI is InChI=1S/C21H30N2O3/c1-5-8-15-25-18-12-11-17(16-10-9-14-22-19(16)18)23-20(24)21(4,13-6-2)26-7-3/h9-12,14H,5-8,13,15H2,1-4H3,(H,23,24)/t21-/m1/s1. The lowest BCUT2D eigenvalue weighted by Crippen LogP contribution is -2.42. The van der Waals surface area contributed by atoms with Crippen LogP contribution >= 0.6 is 0 Å². The molecule has 0 aliphatic carbocycles. The number of rotatable bonds is 10. The number of fused-ring (bicyclic) bond motifs is 1. The fourth-order valence-electron chi connectivity index (χ4n) is 3.00. The summed E-state index contributed by atoms with van der Waals surface area (Å²) in [6.45, 7) is 9.08. The van der Waals surface area contributed by atoms with Crippen molar-refractivity contribution in [2.45, 2.75) is 59.0 Å². The number of hydrogen-bond acceptors (Lipinski definition) is 4. The van der Waals surface area contributed by atoms with Crippen LogP contribution in [0.15, 0.2) is 30.5 Å². The van der Waals surface area contributed by atoms with E-state index >= 15 is 0 Å². The molecule has 2 rings (SSSR count). The van der Waals surface area contributed by atoms with Gasteiger partial charge in [-0.2, -0.15) is 0 Å². The summed E-state index contributed by atoms with van der Waals surface area (Å²) in [6, 6.07) is 7.56. The first-order chi connectivity index (χ1) is 12.6. The molecule has 0 aliphatic heterocycles. The lowest BCUT2D eigenvalue weighted by Gasteiger charge is -2.28. The lowest BCUT2D eigenvalue weighted by atomic mass is 9.98. The van der Waals surface area contributed by atoms with Crippen molar-refractivity contribution in [2.75, 3.05) is 18.5 Å². The molecule has 1 heterocycles. The zero-order valence-electron chi connectivity index (χ0n) is 16.3. The first-order valence-electron chi connectivity index (χ1n) is 9.51. The van der Waals surface area contributed by atoms with Crippen molar-refractivity contribution in [3.8, 4) is 5.75 Å². The molecule has 1 aromatic carbocycles. The zero-order chi connectivity index (χ0) is 19.0. The third-order valence-corrected chi connectivity index (χ3v) is 4.41. The number of unbranched alkanes of at least 4 members (excludes halogenated alkanes) is 1. The predicted octanol–water partition coefficient (Wildman–Crippen LogP) is 4.95. The van der Waals surface area contributed by atoms with Gasteiger partial charge < -0.3 is 14.8 Å². The molecule has 0 saturated heterocycles. The van der Waals surface area contributed by atoms with E-state index in [1.54, 1.807) is 6.20 Å². The normalized spacial score (nSPS) is 13.4. The largest absolute Gasteiger partial charge is 0.491 e. The number of nitrogens with zero attached hydrogens (tertiary/aromatic N) is 1. The Morgan fingerprint density at radius 3 is 2.69 bits per heavy atom. The minimum Gasteiger partial charge on any atom is -0.491 e. The highest BCUT2D eigenvalue weighted by Crippen LogP contribution is 2.31. The van der Waals surface area contributed by atoms with Crippen LogP contribution in [0.25, 0.3) is 10.9 Å². The van der Waals surface area contributed by atoms with Gasteiger partial charge in [-0.05, 0) is 51.0 Å². The SMILES string of the molecule is CCCCOc1ccc(NC(=O)[C@@](C)(CCC)OCC)c2cccnc12. The Bertz CT molecular complexity index is 724. The number of carbonyl (C=O) groups excluding carboxylic acids is 1. The van der Waals surface area contributed by atoms with E-state index in [9.17, 15) is 4.79 Å². The minimum atomic E-state index is -0.839. The molecule has 1 aromatic heterocycles. The van der Waals surface area contributed by atoms with Crippen molar-refractivity contribution in [3.63, 3.8) is 0 Å². The fourth-order valence-corrected chi connectivity index (χ4v) is 3.00. The molecule has 0 aliphatic rings. The van der Waals surface area contributed by atoms with Gasteiger partial charge in [-0.3, -0.25) is 9.78 Å². The Morgan fingerprint density at radius 1 is 1.19 bits per heavy atom. The predicted molar refractivity (Wildman–Crippen MR) is 106 cm³/mol. The monoisotopic (exact) mass is 358 g/mol. The van der Waals surface area contributed by atoms with Crippen molar-refractivity contribution < 1.29 is 14.3 Å². The first kappa shape index (κ1) is 20.2. The summed E-state index contributed by atoms with van der Waals surface area (Å²) in [6.07, 6.45) is 5.35. The van der Waals surface area contributed by atoms with E-state index in [0.29, 0.717) is 19.6 Å². The van der Waals surface area contributed by atoms with Gasteiger partial charge in [-0.1, -0.05) is 26.7 Å². The quantitative estimate of drug-likeness (QED) is 0.611. The minimum absolute atomic E-state index is 0.133. The summed E-state index contributed by atoms with van der Waals surface area (Å²) in [5.74, 6) is 0.610.